The van der Waals surface area contributed by atoms with E-state index in [0.29, 0.717) is 23.5 Å². The van der Waals surface area contributed by atoms with Crippen LogP contribution in [0.25, 0.3) is 6.08 Å². The molecule has 0 aliphatic carbocycles. The van der Waals surface area contributed by atoms with Crippen LogP contribution in [0.1, 0.15) is 21.5 Å². The van der Waals surface area contributed by atoms with E-state index in [4.69, 9.17) is 4.74 Å². The molecule has 5 nitrogen and oxygen atoms in total. The summed E-state index contributed by atoms with van der Waals surface area (Å²) >= 11 is 0. The Morgan fingerprint density at radius 1 is 0.897 bits per heavy atom. The molecule has 0 aliphatic rings. The van der Waals surface area contributed by atoms with E-state index in [9.17, 15) is 9.59 Å². The maximum absolute atomic E-state index is 12.6. The van der Waals surface area contributed by atoms with Gasteiger partial charge in [-0.1, -0.05) is 60.7 Å². The van der Waals surface area contributed by atoms with Gasteiger partial charge in [0, 0.05) is 18.2 Å². The molecular formula is C24H22N2O3. The third-order valence-electron chi connectivity index (χ3n) is 4.28. The summed E-state index contributed by atoms with van der Waals surface area (Å²) in [6.07, 6.45) is 3.09. The molecule has 0 saturated carbocycles. The Hall–Kier alpha value is -3.86. The number of nitrogens with one attached hydrogen (secondary N) is 2. The van der Waals surface area contributed by atoms with Gasteiger partial charge in [0.05, 0.1) is 18.4 Å². The van der Waals surface area contributed by atoms with Crippen molar-refractivity contribution in [1.29, 1.82) is 0 Å². The van der Waals surface area contributed by atoms with Crippen LogP contribution < -0.4 is 15.4 Å². The molecule has 2 N–H and O–H groups in total. The number of carbonyl (C=O) groups excluding carboxylic acids is 2. The second-order valence-corrected chi connectivity index (χ2v) is 6.28. The number of amides is 2. The lowest BCUT2D eigenvalue weighted by molar-refractivity contribution is -0.111. The predicted octanol–water partition coefficient (Wildman–Crippen LogP) is 4.28. The Kier molecular flexibility index (Phi) is 6.79. The lowest BCUT2D eigenvalue weighted by Gasteiger charge is -2.10. The van der Waals surface area contributed by atoms with E-state index in [1.165, 1.54) is 6.08 Å². The molecule has 3 aromatic carbocycles. The highest BCUT2D eigenvalue weighted by atomic mass is 16.5. The third-order valence-corrected chi connectivity index (χ3v) is 4.28. The summed E-state index contributed by atoms with van der Waals surface area (Å²) in [7, 11) is 1.58. The molecule has 29 heavy (non-hydrogen) atoms. The van der Waals surface area contributed by atoms with E-state index < -0.39 is 0 Å². The number of para-hydroxylation sites is 2. The molecule has 0 saturated heterocycles. The van der Waals surface area contributed by atoms with Crippen LogP contribution in [0.15, 0.2) is 84.9 Å². The SMILES string of the molecule is COc1ccccc1/C=C/C(=O)Nc1ccccc1C(=O)NCc1ccccc1. The van der Waals surface area contributed by atoms with Gasteiger partial charge < -0.3 is 15.4 Å². The minimum atomic E-state index is -0.334. The van der Waals surface area contributed by atoms with Crippen molar-refractivity contribution < 1.29 is 14.3 Å². The summed E-state index contributed by atoms with van der Waals surface area (Å²) in [4.78, 5) is 25.0. The first kappa shape index (κ1) is 19.9. The number of hydrogen-bond donors (Lipinski definition) is 2. The van der Waals surface area contributed by atoms with Crippen LogP contribution in [0.3, 0.4) is 0 Å². The predicted molar refractivity (Wildman–Crippen MR) is 115 cm³/mol. The van der Waals surface area contributed by atoms with E-state index in [2.05, 4.69) is 10.6 Å². The molecule has 5 heteroatoms. The summed E-state index contributed by atoms with van der Waals surface area (Å²) in [5.74, 6) is 0.0925. The largest absolute Gasteiger partial charge is 0.496 e. The molecule has 0 atom stereocenters. The van der Waals surface area contributed by atoms with Crippen LogP contribution in [0.5, 0.6) is 5.75 Å². The topological polar surface area (TPSA) is 67.4 Å². The van der Waals surface area contributed by atoms with Crippen LogP contribution in [-0.4, -0.2) is 18.9 Å². The van der Waals surface area contributed by atoms with Crippen molar-refractivity contribution in [1.82, 2.24) is 5.32 Å². The fourth-order valence-corrected chi connectivity index (χ4v) is 2.81. The molecule has 0 radical (unpaired) electrons. The number of hydrogen-bond acceptors (Lipinski definition) is 3. The Labute approximate surface area is 170 Å². The van der Waals surface area contributed by atoms with E-state index in [0.717, 1.165) is 11.1 Å². The van der Waals surface area contributed by atoms with Gasteiger partial charge in [0.2, 0.25) is 5.91 Å². The maximum Gasteiger partial charge on any atom is 0.253 e. The third kappa shape index (κ3) is 5.56. The minimum Gasteiger partial charge on any atom is -0.496 e. The van der Waals surface area contributed by atoms with Crippen molar-refractivity contribution in [2.75, 3.05) is 12.4 Å². The molecule has 0 bridgehead atoms. The van der Waals surface area contributed by atoms with Gasteiger partial charge in [0.25, 0.3) is 5.91 Å². The number of benzene rings is 3. The quantitative estimate of drug-likeness (QED) is 0.596. The first-order valence-electron chi connectivity index (χ1n) is 9.20. The summed E-state index contributed by atoms with van der Waals surface area (Å²) < 4.78 is 5.27. The van der Waals surface area contributed by atoms with Crippen LogP contribution >= 0.6 is 0 Å². The number of anilines is 1. The Morgan fingerprint density at radius 2 is 1.59 bits per heavy atom. The first-order chi connectivity index (χ1) is 14.2. The van der Waals surface area contributed by atoms with Gasteiger partial charge >= 0.3 is 0 Å². The van der Waals surface area contributed by atoms with E-state index in [-0.39, 0.29) is 11.8 Å². The molecule has 2 amide bonds. The average molecular weight is 386 g/mol. The van der Waals surface area contributed by atoms with Crippen molar-refractivity contribution in [3.05, 3.63) is 102 Å². The zero-order valence-electron chi connectivity index (χ0n) is 16.1. The highest BCUT2D eigenvalue weighted by molar-refractivity contribution is 6.07. The zero-order chi connectivity index (χ0) is 20.5. The van der Waals surface area contributed by atoms with Gasteiger partial charge in [-0.2, -0.15) is 0 Å². The molecular weight excluding hydrogens is 364 g/mol. The molecule has 0 aromatic heterocycles. The van der Waals surface area contributed by atoms with Crippen molar-refractivity contribution in [2.24, 2.45) is 0 Å². The lowest BCUT2D eigenvalue weighted by Crippen LogP contribution is -2.24. The first-order valence-corrected chi connectivity index (χ1v) is 9.20. The highest BCUT2D eigenvalue weighted by Crippen LogP contribution is 2.19. The van der Waals surface area contributed by atoms with Gasteiger partial charge in [0.15, 0.2) is 0 Å². The van der Waals surface area contributed by atoms with E-state index in [1.54, 1.807) is 37.5 Å². The molecule has 3 aromatic rings. The number of carbonyl (C=O) groups is 2. The number of ether oxygens (including phenoxy) is 1. The van der Waals surface area contributed by atoms with Crippen molar-refractivity contribution in [3.63, 3.8) is 0 Å². The molecule has 0 heterocycles. The van der Waals surface area contributed by atoms with E-state index >= 15 is 0 Å². The second kappa shape index (κ2) is 9.90. The van der Waals surface area contributed by atoms with Gasteiger partial charge in [-0.15, -0.1) is 0 Å². The smallest absolute Gasteiger partial charge is 0.253 e. The molecule has 0 spiro atoms. The van der Waals surface area contributed by atoms with Crippen molar-refractivity contribution >= 4 is 23.6 Å². The number of rotatable bonds is 7. The maximum atomic E-state index is 12.6. The standard InChI is InChI=1S/C24H22N2O3/c1-29-22-14-8-5-11-19(22)15-16-23(27)26-21-13-7-6-12-20(21)24(28)25-17-18-9-3-2-4-10-18/h2-16H,17H2,1H3,(H,25,28)(H,26,27)/b16-15+. The molecule has 0 fully saturated rings. The molecule has 0 aliphatic heterocycles. The van der Waals surface area contributed by atoms with Crippen molar-refractivity contribution in [3.8, 4) is 5.75 Å². The molecule has 0 unspecified atom stereocenters. The Bertz CT molecular complexity index is 1010. The van der Waals surface area contributed by atoms with Gasteiger partial charge in [-0.3, -0.25) is 9.59 Å². The summed E-state index contributed by atoms with van der Waals surface area (Å²) in [5.41, 5.74) is 2.65. The van der Waals surface area contributed by atoms with Crippen LogP contribution in [0, 0.1) is 0 Å². The highest BCUT2D eigenvalue weighted by Gasteiger charge is 2.12. The average Bonchev–Trinajstić information content (AvgIpc) is 2.77. The zero-order valence-corrected chi connectivity index (χ0v) is 16.1. The van der Waals surface area contributed by atoms with E-state index in [1.807, 2.05) is 54.6 Å². The Morgan fingerprint density at radius 3 is 2.38 bits per heavy atom. The van der Waals surface area contributed by atoms with Crippen LogP contribution in [0.2, 0.25) is 0 Å². The lowest BCUT2D eigenvalue weighted by atomic mass is 10.1. The fourth-order valence-electron chi connectivity index (χ4n) is 2.81. The van der Waals surface area contributed by atoms with Gasteiger partial charge in [-0.25, -0.2) is 0 Å². The van der Waals surface area contributed by atoms with Crippen LogP contribution in [0.4, 0.5) is 5.69 Å². The summed E-state index contributed by atoms with van der Waals surface area (Å²) in [6.45, 7) is 0.412. The second-order valence-electron chi connectivity index (χ2n) is 6.28. The monoisotopic (exact) mass is 386 g/mol. The molecule has 146 valence electrons. The van der Waals surface area contributed by atoms with Gasteiger partial charge in [0.1, 0.15) is 5.75 Å². The Balaban J connectivity index is 1.67. The summed E-state index contributed by atoms with van der Waals surface area (Å²) in [5, 5.41) is 5.65. The number of methoxy groups -OCH3 is 1. The van der Waals surface area contributed by atoms with Crippen LogP contribution in [-0.2, 0) is 11.3 Å². The summed E-state index contributed by atoms with van der Waals surface area (Å²) in [6, 6.07) is 24.0. The fraction of sp³-hybridized carbons (Fsp3) is 0.0833. The van der Waals surface area contributed by atoms with Gasteiger partial charge in [-0.05, 0) is 29.8 Å². The molecule has 3 rings (SSSR count). The normalized spacial score (nSPS) is 10.5. The minimum absolute atomic E-state index is 0.251. The van der Waals surface area contributed by atoms with Crippen molar-refractivity contribution in [2.45, 2.75) is 6.54 Å².